The molecule has 0 saturated heterocycles. The number of halogens is 1. The molecule has 0 aromatic carbocycles. The van der Waals surface area contributed by atoms with Gasteiger partial charge in [-0.15, -0.1) is 21.5 Å². The van der Waals surface area contributed by atoms with Gasteiger partial charge in [0.25, 0.3) is 0 Å². The van der Waals surface area contributed by atoms with Gasteiger partial charge in [-0.05, 0) is 25.0 Å². The van der Waals surface area contributed by atoms with Gasteiger partial charge in [0.15, 0.2) is 11.8 Å². The van der Waals surface area contributed by atoms with E-state index >= 15 is 0 Å². The second-order valence-corrected chi connectivity index (χ2v) is 7.35. The maximum absolute atomic E-state index is 10.2. The molecular weight excluding hydrogens is 348 g/mol. The molecule has 1 aliphatic heterocycles. The Morgan fingerprint density at radius 1 is 1.42 bits per heavy atom. The third-order valence-corrected chi connectivity index (χ3v) is 5.29. The minimum atomic E-state index is -0.623. The number of nitrogens with one attached hydrogen (secondary N) is 2. The van der Waals surface area contributed by atoms with Crippen LogP contribution >= 0.6 is 22.9 Å². The molecule has 9 heteroatoms. The number of aliphatic hydroxyl groups excluding tert-OH is 1. The third-order valence-electron chi connectivity index (χ3n) is 3.96. The number of guanidine groups is 1. The van der Waals surface area contributed by atoms with Crippen LogP contribution in [-0.2, 0) is 19.5 Å². The molecule has 7 nitrogen and oxygen atoms in total. The summed E-state index contributed by atoms with van der Waals surface area (Å²) in [5.41, 5.74) is 0. The van der Waals surface area contributed by atoms with Crippen LogP contribution in [0.25, 0.3) is 0 Å². The van der Waals surface area contributed by atoms with E-state index in [9.17, 15) is 5.11 Å². The zero-order valence-corrected chi connectivity index (χ0v) is 15.1. The van der Waals surface area contributed by atoms with Crippen LogP contribution in [-0.4, -0.2) is 39.4 Å². The lowest BCUT2D eigenvalue weighted by Crippen LogP contribution is -2.39. The van der Waals surface area contributed by atoms with Gasteiger partial charge in [0.1, 0.15) is 11.9 Å². The van der Waals surface area contributed by atoms with E-state index in [4.69, 9.17) is 11.6 Å². The largest absolute Gasteiger partial charge is 0.386 e. The lowest BCUT2D eigenvalue weighted by Gasteiger charge is -2.17. The number of thiophene rings is 1. The summed E-state index contributed by atoms with van der Waals surface area (Å²) < 4.78 is 2.84. The Morgan fingerprint density at radius 3 is 3.04 bits per heavy atom. The number of hydrogen-bond acceptors (Lipinski definition) is 5. The molecule has 1 unspecified atom stereocenters. The fraction of sp³-hybridized carbons (Fsp3) is 0.533. The van der Waals surface area contributed by atoms with Crippen LogP contribution in [0.4, 0.5) is 0 Å². The van der Waals surface area contributed by atoms with E-state index in [0.29, 0.717) is 23.4 Å². The minimum absolute atomic E-state index is 0.356. The predicted octanol–water partition coefficient (Wildman–Crippen LogP) is 1.73. The monoisotopic (exact) mass is 368 g/mol. The van der Waals surface area contributed by atoms with Gasteiger partial charge < -0.3 is 20.3 Å². The molecule has 0 saturated carbocycles. The van der Waals surface area contributed by atoms with Gasteiger partial charge in [-0.1, -0.05) is 11.6 Å². The number of fused-ring (bicyclic) bond motifs is 1. The Bertz CT molecular complexity index is 713. The lowest BCUT2D eigenvalue weighted by atomic mass is 10.2. The van der Waals surface area contributed by atoms with Crippen molar-refractivity contribution >= 4 is 28.9 Å². The Labute approximate surface area is 149 Å². The van der Waals surface area contributed by atoms with Crippen LogP contribution in [0, 0.1) is 0 Å². The molecule has 2 aromatic heterocycles. The number of hydrogen-bond donors (Lipinski definition) is 3. The third kappa shape index (κ3) is 4.06. The number of aliphatic imine (C=N–C) groups is 1. The van der Waals surface area contributed by atoms with Crippen LogP contribution in [0.1, 0.15) is 35.5 Å². The van der Waals surface area contributed by atoms with E-state index in [-0.39, 0.29) is 0 Å². The van der Waals surface area contributed by atoms with Gasteiger partial charge in [0.05, 0.1) is 10.9 Å². The van der Waals surface area contributed by atoms with Gasteiger partial charge in [-0.3, -0.25) is 4.99 Å². The molecule has 1 aliphatic rings. The zero-order chi connectivity index (χ0) is 16.9. The molecule has 0 radical (unpaired) electrons. The first kappa shape index (κ1) is 17.2. The normalized spacial score (nSPS) is 15.9. The average molecular weight is 369 g/mol. The molecule has 0 aliphatic carbocycles. The first-order valence-electron chi connectivity index (χ1n) is 7.96. The van der Waals surface area contributed by atoms with Crippen LogP contribution in [0.5, 0.6) is 0 Å². The van der Waals surface area contributed by atoms with Crippen molar-refractivity contribution in [3.8, 4) is 0 Å². The van der Waals surface area contributed by atoms with Crippen LogP contribution < -0.4 is 10.6 Å². The number of nitrogens with zero attached hydrogens (tertiary/aromatic N) is 4. The molecule has 0 fully saturated rings. The maximum Gasteiger partial charge on any atom is 0.191 e. The molecule has 3 heterocycles. The summed E-state index contributed by atoms with van der Waals surface area (Å²) in [5, 5.41) is 25.0. The summed E-state index contributed by atoms with van der Waals surface area (Å²) in [6, 6.07) is 3.62. The summed E-state index contributed by atoms with van der Waals surface area (Å²) >= 11 is 7.27. The second kappa shape index (κ2) is 7.96. The van der Waals surface area contributed by atoms with Crippen molar-refractivity contribution in [1.82, 2.24) is 25.4 Å². The summed E-state index contributed by atoms with van der Waals surface area (Å²) in [5.74, 6) is 2.59. The minimum Gasteiger partial charge on any atom is -0.386 e. The van der Waals surface area contributed by atoms with E-state index < -0.39 is 6.10 Å². The fourth-order valence-electron chi connectivity index (χ4n) is 2.68. The quantitative estimate of drug-likeness (QED) is 0.552. The van der Waals surface area contributed by atoms with Gasteiger partial charge >= 0.3 is 0 Å². The highest BCUT2D eigenvalue weighted by Gasteiger charge is 2.16. The molecule has 24 heavy (non-hydrogen) atoms. The second-order valence-electron chi connectivity index (χ2n) is 5.61. The highest BCUT2D eigenvalue weighted by atomic mass is 35.5. The Balaban J connectivity index is 1.51. The van der Waals surface area contributed by atoms with Gasteiger partial charge in [-0.25, -0.2) is 0 Å². The lowest BCUT2D eigenvalue weighted by molar-refractivity contribution is 0.184. The number of aromatic nitrogens is 3. The molecule has 2 aromatic rings. The van der Waals surface area contributed by atoms with Crippen molar-refractivity contribution in [2.75, 3.05) is 13.6 Å². The molecule has 0 bridgehead atoms. The molecule has 0 amide bonds. The first-order chi connectivity index (χ1) is 11.7. The summed E-state index contributed by atoms with van der Waals surface area (Å²) in [7, 11) is 1.70. The van der Waals surface area contributed by atoms with Crippen molar-refractivity contribution < 1.29 is 5.11 Å². The number of rotatable bonds is 5. The van der Waals surface area contributed by atoms with E-state index in [0.717, 1.165) is 29.5 Å². The first-order valence-corrected chi connectivity index (χ1v) is 9.15. The standard InChI is InChI=1S/C15H21ClN6OS/c1-17-15(18-8-10(23)11-5-6-12(16)24-11)19-9-14-21-20-13-4-2-3-7-22(13)14/h5-6,10,23H,2-4,7-9H2,1H3,(H2,17,18,19). The van der Waals surface area contributed by atoms with Crippen LogP contribution in [0.3, 0.4) is 0 Å². The molecule has 0 spiro atoms. The number of aliphatic hydroxyl groups is 1. The van der Waals surface area contributed by atoms with Crippen molar-refractivity contribution in [2.45, 2.75) is 38.5 Å². The topological polar surface area (TPSA) is 87.4 Å². The maximum atomic E-state index is 10.2. The van der Waals surface area contributed by atoms with Crippen molar-refractivity contribution in [3.05, 3.63) is 33.0 Å². The van der Waals surface area contributed by atoms with E-state index in [2.05, 4.69) is 30.4 Å². The highest BCUT2D eigenvalue weighted by Crippen LogP contribution is 2.26. The molecule has 1 atom stereocenters. The fourth-order valence-corrected chi connectivity index (χ4v) is 3.73. The van der Waals surface area contributed by atoms with Crippen molar-refractivity contribution in [2.24, 2.45) is 4.99 Å². The molecule has 3 N–H and O–H groups in total. The van der Waals surface area contributed by atoms with E-state index in [1.165, 1.54) is 24.2 Å². The summed E-state index contributed by atoms with van der Waals surface area (Å²) in [6.07, 6.45) is 2.72. The Hall–Kier alpha value is -1.64. The predicted molar refractivity (Wildman–Crippen MR) is 95.5 cm³/mol. The van der Waals surface area contributed by atoms with Crippen LogP contribution in [0.2, 0.25) is 4.34 Å². The zero-order valence-electron chi connectivity index (χ0n) is 13.5. The molecule has 3 rings (SSSR count). The summed E-state index contributed by atoms with van der Waals surface area (Å²) in [4.78, 5) is 5.00. The van der Waals surface area contributed by atoms with Gasteiger partial charge in [0.2, 0.25) is 0 Å². The Kier molecular flexibility index (Phi) is 5.70. The van der Waals surface area contributed by atoms with E-state index in [1.807, 2.05) is 6.07 Å². The van der Waals surface area contributed by atoms with Crippen molar-refractivity contribution in [3.63, 3.8) is 0 Å². The van der Waals surface area contributed by atoms with Crippen LogP contribution in [0.15, 0.2) is 17.1 Å². The number of aryl methyl sites for hydroxylation is 1. The summed E-state index contributed by atoms with van der Waals surface area (Å²) in [6.45, 7) is 1.88. The smallest absolute Gasteiger partial charge is 0.191 e. The average Bonchev–Trinajstić information content (AvgIpc) is 3.21. The highest BCUT2D eigenvalue weighted by molar-refractivity contribution is 7.16. The SMILES string of the molecule is CN=C(NCc1nnc2n1CCCC2)NCC(O)c1ccc(Cl)s1. The van der Waals surface area contributed by atoms with Crippen molar-refractivity contribution in [1.29, 1.82) is 0 Å². The van der Waals surface area contributed by atoms with Gasteiger partial charge in [-0.2, -0.15) is 0 Å². The Morgan fingerprint density at radius 2 is 2.29 bits per heavy atom. The molecule has 130 valence electrons. The molecular formula is C15H21ClN6OS. The van der Waals surface area contributed by atoms with E-state index in [1.54, 1.807) is 13.1 Å². The van der Waals surface area contributed by atoms with Gasteiger partial charge in [0, 0.05) is 31.4 Å².